The Kier molecular flexibility index (Phi) is 4.17. The Labute approximate surface area is 153 Å². The Hall–Kier alpha value is -3.14. The maximum Gasteiger partial charge on any atom is 0.276 e. The second-order valence-corrected chi connectivity index (χ2v) is 6.63. The Morgan fingerprint density at radius 1 is 1.00 bits per heavy atom. The zero-order valence-corrected chi connectivity index (χ0v) is 15.0. The van der Waals surface area contributed by atoms with Gasteiger partial charge in [0, 0.05) is 24.5 Å². The van der Waals surface area contributed by atoms with E-state index in [-0.39, 0.29) is 5.91 Å². The van der Waals surface area contributed by atoms with Crippen LogP contribution in [0.5, 0.6) is 0 Å². The molecule has 0 N–H and O–H groups in total. The molecule has 1 aliphatic heterocycles. The van der Waals surface area contributed by atoms with E-state index in [4.69, 9.17) is 0 Å². The van der Waals surface area contributed by atoms with E-state index in [1.165, 1.54) is 11.3 Å². The molecule has 1 unspecified atom stereocenters. The molecule has 3 aromatic rings. The second-order valence-electron chi connectivity index (χ2n) is 6.63. The van der Waals surface area contributed by atoms with Gasteiger partial charge in [0.1, 0.15) is 11.5 Å². The van der Waals surface area contributed by atoms with Gasteiger partial charge in [-0.3, -0.25) is 4.79 Å². The number of hydrogen-bond acceptors (Lipinski definition) is 3. The summed E-state index contributed by atoms with van der Waals surface area (Å²) in [5.41, 5.74) is 3.79. The minimum absolute atomic E-state index is 0.113. The number of amides is 1. The van der Waals surface area contributed by atoms with Gasteiger partial charge in [0.05, 0.1) is 0 Å². The summed E-state index contributed by atoms with van der Waals surface area (Å²) in [6, 6.07) is 24.0. The number of fused-ring (bicyclic) bond motifs is 1. The number of carbonyl (C=O) groups excluding carboxylic acids is 1. The third kappa shape index (κ3) is 2.84. The second kappa shape index (κ2) is 6.64. The van der Waals surface area contributed by atoms with Crippen molar-refractivity contribution in [1.82, 2.24) is 4.98 Å². The van der Waals surface area contributed by atoms with E-state index in [1.54, 1.807) is 18.0 Å². The summed E-state index contributed by atoms with van der Waals surface area (Å²) in [5, 5.41) is 0. The van der Waals surface area contributed by atoms with E-state index < -0.39 is 0 Å². The number of nitrogens with zero attached hydrogens (tertiary/aromatic N) is 3. The largest absolute Gasteiger partial charge is 0.323 e. The lowest BCUT2D eigenvalue weighted by Crippen LogP contribution is -2.29. The van der Waals surface area contributed by atoms with Crippen molar-refractivity contribution in [3.63, 3.8) is 0 Å². The average Bonchev–Trinajstić information content (AvgIpc) is 3.03. The van der Waals surface area contributed by atoms with E-state index in [2.05, 4.69) is 35.0 Å². The highest BCUT2D eigenvalue weighted by molar-refractivity contribution is 6.04. The molecule has 0 saturated carbocycles. The van der Waals surface area contributed by atoms with E-state index >= 15 is 0 Å². The molecule has 4 nitrogen and oxygen atoms in total. The van der Waals surface area contributed by atoms with Crippen LogP contribution in [0.2, 0.25) is 0 Å². The van der Waals surface area contributed by atoms with Crippen LogP contribution in [0.15, 0.2) is 72.8 Å². The van der Waals surface area contributed by atoms with Gasteiger partial charge < -0.3 is 9.80 Å². The first-order valence-corrected chi connectivity index (χ1v) is 8.82. The summed E-state index contributed by atoms with van der Waals surface area (Å²) in [4.78, 5) is 21.4. The molecule has 0 saturated heterocycles. The van der Waals surface area contributed by atoms with Crippen LogP contribution in [-0.2, 0) is 6.42 Å². The molecular weight excluding hydrogens is 322 g/mol. The highest BCUT2D eigenvalue weighted by Gasteiger charge is 2.28. The first-order chi connectivity index (χ1) is 12.6. The van der Waals surface area contributed by atoms with Crippen molar-refractivity contribution in [3.05, 3.63) is 84.1 Å². The van der Waals surface area contributed by atoms with Crippen molar-refractivity contribution in [3.8, 4) is 0 Å². The monoisotopic (exact) mass is 343 g/mol. The van der Waals surface area contributed by atoms with E-state index in [0.717, 1.165) is 17.9 Å². The fourth-order valence-electron chi connectivity index (χ4n) is 3.53. The number of carbonyl (C=O) groups is 1. The van der Waals surface area contributed by atoms with Crippen LogP contribution >= 0.6 is 0 Å². The van der Waals surface area contributed by atoms with Crippen molar-refractivity contribution in [2.45, 2.75) is 19.4 Å². The first-order valence-electron chi connectivity index (χ1n) is 8.82. The smallest absolute Gasteiger partial charge is 0.276 e. The quantitative estimate of drug-likeness (QED) is 0.705. The van der Waals surface area contributed by atoms with Gasteiger partial charge in [-0.25, -0.2) is 4.98 Å². The number of pyridine rings is 1. The highest BCUT2D eigenvalue weighted by Crippen LogP contribution is 2.37. The molecule has 26 heavy (non-hydrogen) atoms. The molecule has 1 amide bonds. The van der Waals surface area contributed by atoms with Crippen molar-refractivity contribution in [2.24, 2.45) is 0 Å². The number of rotatable bonds is 3. The highest BCUT2D eigenvalue weighted by atomic mass is 16.2. The SMILES string of the molecule is CC1Cc2ccccc2N1c1cccc(C(=O)N(C)c2ccccc2)n1. The molecule has 2 heterocycles. The van der Waals surface area contributed by atoms with Crippen LogP contribution in [0.1, 0.15) is 23.0 Å². The Morgan fingerprint density at radius 3 is 2.54 bits per heavy atom. The number of para-hydroxylation sites is 2. The van der Waals surface area contributed by atoms with Gasteiger partial charge >= 0.3 is 0 Å². The van der Waals surface area contributed by atoms with Crippen molar-refractivity contribution in [1.29, 1.82) is 0 Å². The predicted octanol–water partition coefficient (Wildman–Crippen LogP) is 4.44. The van der Waals surface area contributed by atoms with Gasteiger partial charge in [0.2, 0.25) is 0 Å². The molecule has 0 spiro atoms. The van der Waals surface area contributed by atoms with Crippen LogP contribution in [-0.4, -0.2) is 24.0 Å². The lowest BCUT2D eigenvalue weighted by atomic mass is 10.1. The number of hydrogen-bond donors (Lipinski definition) is 0. The Morgan fingerprint density at radius 2 is 1.73 bits per heavy atom. The van der Waals surface area contributed by atoms with Gasteiger partial charge in [-0.2, -0.15) is 0 Å². The lowest BCUT2D eigenvalue weighted by molar-refractivity contribution is 0.0988. The molecule has 0 radical (unpaired) electrons. The molecule has 130 valence electrons. The summed E-state index contributed by atoms with van der Waals surface area (Å²) >= 11 is 0. The third-order valence-corrected chi connectivity index (χ3v) is 4.86. The molecule has 1 atom stereocenters. The third-order valence-electron chi connectivity index (χ3n) is 4.86. The van der Waals surface area contributed by atoms with Crippen LogP contribution in [0.4, 0.5) is 17.2 Å². The fraction of sp³-hybridized carbons (Fsp3) is 0.182. The lowest BCUT2D eigenvalue weighted by Gasteiger charge is -2.24. The Balaban J connectivity index is 1.66. The summed E-state index contributed by atoms with van der Waals surface area (Å²) in [7, 11) is 1.78. The number of benzene rings is 2. The van der Waals surface area contributed by atoms with E-state index in [1.807, 2.05) is 48.5 Å². The summed E-state index contributed by atoms with van der Waals surface area (Å²) in [6.45, 7) is 2.19. The maximum atomic E-state index is 12.9. The van der Waals surface area contributed by atoms with Gasteiger partial charge in [-0.15, -0.1) is 0 Å². The molecule has 1 aromatic heterocycles. The van der Waals surface area contributed by atoms with Crippen LogP contribution in [0, 0.1) is 0 Å². The van der Waals surface area contributed by atoms with E-state index in [9.17, 15) is 4.79 Å². The molecule has 1 aliphatic rings. The van der Waals surface area contributed by atoms with Gasteiger partial charge in [0.25, 0.3) is 5.91 Å². The minimum atomic E-state index is -0.113. The van der Waals surface area contributed by atoms with Crippen molar-refractivity contribution >= 4 is 23.1 Å². The summed E-state index contributed by atoms with van der Waals surface area (Å²) in [6.07, 6.45) is 0.986. The van der Waals surface area contributed by atoms with Gasteiger partial charge in [-0.1, -0.05) is 42.5 Å². The summed E-state index contributed by atoms with van der Waals surface area (Å²) in [5.74, 6) is 0.702. The molecule has 0 aliphatic carbocycles. The standard InChI is InChI=1S/C22H21N3O/c1-16-15-17-9-6-7-13-20(17)25(16)21-14-8-12-19(23-21)22(26)24(2)18-10-4-3-5-11-18/h3-14,16H,15H2,1-2H3. The fourth-order valence-corrected chi connectivity index (χ4v) is 3.53. The van der Waals surface area contributed by atoms with Crippen LogP contribution in [0.25, 0.3) is 0 Å². The normalized spacial score (nSPS) is 15.6. The van der Waals surface area contributed by atoms with Crippen LogP contribution in [0.3, 0.4) is 0 Å². The number of anilines is 3. The predicted molar refractivity (Wildman–Crippen MR) is 105 cm³/mol. The molecule has 4 heteroatoms. The zero-order chi connectivity index (χ0) is 18.1. The van der Waals surface area contributed by atoms with Crippen molar-refractivity contribution in [2.75, 3.05) is 16.8 Å². The molecule has 4 rings (SSSR count). The number of aromatic nitrogens is 1. The maximum absolute atomic E-state index is 12.9. The summed E-state index contributed by atoms with van der Waals surface area (Å²) < 4.78 is 0. The zero-order valence-electron chi connectivity index (χ0n) is 15.0. The Bertz CT molecular complexity index is 939. The van der Waals surface area contributed by atoms with Gasteiger partial charge in [-0.05, 0) is 49.2 Å². The average molecular weight is 343 g/mol. The minimum Gasteiger partial charge on any atom is -0.323 e. The molecular formula is C22H21N3O. The van der Waals surface area contributed by atoms with Crippen molar-refractivity contribution < 1.29 is 4.79 Å². The molecule has 0 fully saturated rings. The molecule has 2 aromatic carbocycles. The van der Waals surface area contributed by atoms with Gasteiger partial charge in [0.15, 0.2) is 0 Å². The van der Waals surface area contributed by atoms with E-state index in [0.29, 0.717) is 11.7 Å². The first kappa shape index (κ1) is 16.3. The molecule has 0 bridgehead atoms. The van der Waals surface area contributed by atoms with Crippen LogP contribution < -0.4 is 9.80 Å². The topological polar surface area (TPSA) is 36.4 Å².